The summed E-state index contributed by atoms with van der Waals surface area (Å²) >= 11 is 0. The van der Waals surface area contributed by atoms with Gasteiger partial charge in [0.15, 0.2) is 0 Å². The van der Waals surface area contributed by atoms with Crippen LogP contribution < -0.4 is 10.1 Å². The topological polar surface area (TPSA) is 95.2 Å². The summed E-state index contributed by atoms with van der Waals surface area (Å²) in [6, 6.07) is 14.2. The van der Waals surface area contributed by atoms with Crippen molar-refractivity contribution in [3.63, 3.8) is 0 Å². The van der Waals surface area contributed by atoms with Crippen LogP contribution in [0.25, 0.3) is 10.9 Å². The predicted molar refractivity (Wildman–Crippen MR) is 135 cm³/mol. The highest BCUT2D eigenvalue weighted by Gasteiger charge is 2.25. The first-order chi connectivity index (χ1) is 16.7. The third kappa shape index (κ3) is 5.24. The molecule has 0 aliphatic heterocycles. The van der Waals surface area contributed by atoms with Gasteiger partial charge in [-0.25, -0.2) is 12.4 Å². The molecule has 1 amide bonds. The van der Waals surface area contributed by atoms with E-state index in [0.29, 0.717) is 43.1 Å². The molecule has 0 fully saturated rings. The number of hydrogen-bond donors (Lipinski definition) is 1. The number of fused-ring (bicyclic) bond motifs is 1. The van der Waals surface area contributed by atoms with Crippen molar-refractivity contribution in [2.45, 2.75) is 45.6 Å². The maximum absolute atomic E-state index is 13.6. The molecular weight excluding hydrogens is 464 g/mol. The zero-order valence-corrected chi connectivity index (χ0v) is 21.2. The fraction of sp³-hybridized carbons (Fsp3) is 0.308. The molecule has 0 unspecified atom stereocenters. The maximum Gasteiger partial charge on any atom is 0.268 e. The van der Waals surface area contributed by atoms with Crippen molar-refractivity contribution in [2.75, 3.05) is 13.2 Å². The molecule has 2 heterocycles. The fourth-order valence-electron chi connectivity index (χ4n) is 4.17. The number of nitrogens with one attached hydrogen (secondary N) is 1. The number of carbonyl (C=O) groups excluding carboxylic acids is 1. The molecule has 4 rings (SSSR count). The van der Waals surface area contributed by atoms with Crippen LogP contribution >= 0.6 is 0 Å². The number of rotatable bonds is 9. The van der Waals surface area contributed by atoms with E-state index in [1.807, 2.05) is 36.9 Å². The van der Waals surface area contributed by atoms with E-state index >= 15 is 0 Å². The van der Waals surface area contributed by atoms with Gasteiger partial charge in [0.25, 0.3) is 10.0 Å². The van der Waals surface area contributed by atoms with Crippen molar-refractivity contribution in [1.29, 1.82) is 0 Å². The minimum Gasteiger partial charge on any atom is -0.492 e. The van der Waals surface area contributed by atoms with Gasteiger partial charge in [0.1, 0.15) is 12.4 Å². The van der Waals surface area contributed by atoms with Crippen LogP contribution in [0.15, 0.2) is 59.6 Å². The van der Waals surface area contributed by atoms with Gasteiger partial charge in [0.05, 0.1) is 22.7 Å². The van der Waals surface area contributed by atoms with Crippen molar-refractivity contribution in [2.24, 2.45) is 0 Å². The Bertz CT molecular complexity index is 1470. The summed E-state index contributed by atoms with van der Waals surface area (Å²) in [4.78, 5) is 11.6. The van der Waals surface area contributed by atoms with E-state index in [-0.39, 0.29) is 10.8 Å². The summed E-state index contributed by atoms with van der Waals surface area (Å²) in [6.07, 6.45) is 2.40. The molecule has 0 spiro atoms. The molecule has 0 atom stereocenters. The lowest BCUT2D eigenvalue weighted by molar-refractivity contribution is -0.118. The molecule has 9 heteroatoms. The normalized spacial score (nSPS) is 11.7. The van der Waals surface area contributed by atoms with E-state index in [0.717, 1.165) is 22.2 Å². The number of aryl methyl sites for hydroxylation is 2. The molecule has 0 aliphatic carbocycles. The first-order valence-corrected chi connectivity index (χ1v) is 12.9. The molecule has 0 saturated heterocycles. The van der Waals surface area contributed by atoms with Crippen LogP contribution in [0, 0.1) is 20.8 Å². The highest BCUT2D eigenvalue weighted by Crippen LogP contribution is 2.33. The molecule has 0 aliphatic rings. The monoisotopic (exact) mass is 494 g/mol. The van der Waals surface area contributed by atoms with Gasteiger partial charge in [0.2, 0.25) is 5.91 Å². The summed E-state index contributed by atoms with van der Waals surface area (Å²) in [5, 5.41) is 7.95. The molecular formula is C26H30N4O4S. The van der Waals surface area contributed by atoms with Gasteiger partial charge in [-0.05, 0) is 69.2 Å². The van der Waals surface area contributed by atoms with E-state index in [1.165, 1.54) is 10.9 Å². The van der Waals surface area contributed by atoms with Gasteiger partial charge in [-0.3, -0.25) is 9.48 Å². The lowest BCUT2D eigenvalue weighted by Crippen LogP contribution is -2.22. The lowest BCUT2D eigenvalue weighted by Gasteiger charge is -2.11. The van der Waals surface area contributed by atoms with Gasteiger partial charge in [-0.1, -0.05) is 17.7 Å². The molecule has 0 radical (unpaired) electrons. The van der Waals surface area contributed by atoms with Gasteiger partial charge >= 0.3 is 0 Å². The zero-order valence-electron chi connectivity index (χ0n) is 20.4. The van der Waals surface area contributed by atoms with Crippen molar-refractivity contribution in [1.82, 2.24) is 19.1 Å². The molecule has 184 valence electrons. The second-order valence-corrected chi connectivity index (χ2v) is 10.4. The van der Waals surface area contributed by atoms with Crippen molar-refractivity contribution in [3.8, 4) is 5.75 Å². The van der Waals surface area contributed by atoms with Crippen molar-refractivity contribution < 1.29 is 17.9 Å². The number of benzene rings is 2. The largest absolute Gasteiger partial charge is 0.492 e. The standard InChI is InChI=1S/C26H30N4O4S/c1-18-5-8-23(9-6-18)35(32,33)30-20(3)24(11-13-27-21(4)31)25-17-22(7-10-26(25)30)34-16-15-29-14-12-19(2)28-29/h5-10,12,14,17H,11,13,15-16H2,1-4H3,(H,27,31). The number of carbonyl (C=O) groups is 1. The Morgan fingerprint density at radius 2 is 1.80 bits per heavy atom. The van der Waals surface area contributed by atoms with Crippen LogP contribution in [-0.4, -0.2) is 41.2 Å². The summed E-state index contributed by atoms with van der Waals surface area (Å²) < 4.78 is 36.5. The minimum absolute atomic E-state index is 0.128. The number of ether oxygens (including phenoxy) is 1. The molecule has 35 heavy (non-hydrogen) atoms. The average Bonchev–Trinajstić information content (AvgIpc) is 3.34. The SMILES string of the molecule is CC(=O)NCCc1c(C)n(S(=O)(=O)c2ccc(C)cc2)c2ccc(OCCn3ccc(C)n3)cc12. The smallest absolute Gasteiger partial charge is 0.268 e. The molecule has 8 nitrogen and oxygen atoms in total. The van der Waals surface area contributed by atoms with Crippen molar-refractivity contribution >= 4 is 26.8 Å². The number of nitrogens with zero attached hydrogens (tertiary/aromatic N) is 3. The Balaban J connectivity index is 1.71. The van der Waals surface area contributed by atoms with Gasteiger partial charge in [-0.15, -0.1) is 0 Å². The Labute approximate surface area is 205 Å². The maximum atomic E-state index is 13.6. The van der Waals surface area contributed by atoms with Crippen LogP contribution in [0.1, 0.15) is 29.4 Å². The van der Waals surface area contributed by atoms with Crippen molar-refractivity contribution in [3.05, 3.63) is 77.2 Å². The number of amides is 1. The Kier molecular flexibility index (Phi) is 6.98. The molecule has 4 aromatic rings. The molecule has 1 N–H and O–H groups in total. The molecule has 0 saturated carbocycles. The highest BCUT2D eigenvalue weighted by molar-refractivity contribution is 7.90. The molecule has 0 bridgehead atoms. The van der Waals surface area contributed by atoms with Gasteiger partial charge in [0, 0.05) is 30.7 Å². The van der Waals surface area contributed by atoms with E-state index in [9.17, 15) is 13.2 Å². The summed E-state index contributed by atoms with van der Waals surface area (Å²) in [5.41, 5.74) is 3.99. The van der Waals surface area contributed by atoms with E-state index in [4.69, 9.17) is 4.74 Å². The van der Waals surface area contributed by atoms with E-state index in [2.05, 4.69) is 10.4 Å². The zero-order chi connectivity index (χ0) is 25.2. The van der Waals surface area contributed by atoms with Crippen LogP contribution in [-0.2, 0) is 27.8 Å². The van der Waals surface area contributed by atoms with Crippen LogP contribution in [0.3, 0.4) is 0 Å². The first-order valence-electron chi connectivity index (χ1n) is 11.5. The third-order valence-electron chi connectivity index (χ3n) is 5.92. The molecule has 2 aromatic carbocycles. The van der Waals surface area contributed by atoms with Crippen LogP contribution in [0.4, 0.5) is 0 Å². The Hall–Kier alpha value is -3.59. The number of aromatic nitrogens is 3. The Morgan fingerprint density at radius 3 is 2.46 bits per heavy atom. The molecule has 2 aromatic heterocycles. The lowest BCUT2D eigenvalue weighted by atomic mass is 10.1. The summed E-state index contributed by atoms with van der Waals surface area (Å²) in [7, 11) is -3.82. The number of hydrogen-bond acceptors (Lipinski definition) is 5. The Morgan fingerprint density at radius 1 is 1.06 bits per heavy atom. The van der Waals surface area contributed by atoms with Crippen LogP contribution in [0.5, 0.6) is 5.75 Å². The van der Waals surface area contributed by atoms with E-state index in [1.54, 1.807) is 43.3 Å². The second-order valence-electron chi connectivity index (χ2n) is 8.63. The van der Waals surface area contributed by atoms with Gasteiger partial charge in [-0.2, -0.15) is 5.10 Å². The van der Waals surface area contributed by atoms with Gasteiger partial charge < -0.3 is 10.1 Å². The predicted octanol–water partition coefficient (Wildman–Crippen LogP) is 3.76. The minimum atomic E-state index is -3.82. The van der Waals surface area contributed by atoms with Crippen LogP contribution in [0.2, 0.25) is 0 Å². The third-order valence-corrected chi connectivity index (χ3v) is 7.74. The summed E-state index contributed by atoms with van der Waals surface area (Å²) in [6.45, 7) is 8.55. The highest BCUT2D eigenvalue weighted by atomic mass is 32.2. The first kappa shape index (κ1) is 24.5. The fourth-order valence-corrected chi connectivity index (χ4v) is 5.75. The summed E-state index contributed by atoms with van der Waals surface area (Å²) in [5.74, 6) is 0.517. The van der Waals surface area contributed by atoms with E-state index < -0.39 is 10.0 Å². The second kappa shape index (κ2) is 9.95. The average molecular weight is 495 g/mol. The quantitative estimate of drug-likeness (QED) is 0.382.